The van der Waals surface area contributed by atoms with E-state index in [1.807, 2.05) is 6.07 Å². The molecule has 1 aromatic rings. The van der Waals surface area contributed by atoms with E-state index in [2.05, 4.69) is 40.3 Å². The average molecular weight is 349 g/mol. The number of alkyl halides is 1. The van der Waals surface area contributed by atoms with Crippen LogP contribution in [0.1, 0.15) is 31.7 Å². The lowest BCUT2D eigenvalue weighted by molar-refractivity contribution is 0.411. The second kappa shape index (κ2) is 9.62. The first kappa shape index (κ1) is 16.8. The summed E-state index contributed by atoms with van der Waals surface area (Å²) in [4.78, 5) is 0. The molecule has 0 bridgehead atoms. The quantitative estimate of drug-likeness (QED) is 0.659. The fraction of sp³-hybridized carbons (Fsp3) is 0.600. The number of methoxy groups -OCH3 is 1. The van der Waals surface area contributed by atoms with E-state index in [0.29, 0.717) is 5.92 Å². The van der Waals surface area contributed by atoms with Gasteiger partial charge in [0.1, 0.15) is 5.75 Å². The number of ether oxygens (including phenoxy) is 1. The second-order valence-corrected chi connectivity index (χ2v) is 5.96. The van der Waals surface area contributed by atoms with Gasteiger partial charge in [0.15, 0.2) is 0 Å². The van der Waals surface area contributed by atoms with Crippen molar-refractivity contribution in [3.8, 4) is 5.75 Å². The van der Waals surface area contributed by atoms with Crippen molar-refractivity contribution in [2.24, 2.45) is 5.92 Å². The molecule has 0 aliphatic rings. The van der Waals surface area contributed by atoms with E-state index < -0.39 is 0 Å². The first-order valence-electron chi connectivity index (χ1n) is 6.80. The van der Waals surface area contributed by atoms with Gasteiger partial charge in [0.25, 0.3) is 0 Å². The Labute approximate surface area is 130 Å². The van der Waals surface area contributed by atoms with Gasteiger partial charge in [-0.05, 0) is 58.9 Å². The normalized spacial score (nSPS) is 12.4. The van der Waals surface area contributed by atoms with Crippen molar-refractivity contribution in [3.63, 3.8) is 0 Å². The summed E-state index contributed by atoms with van der Waals surface area (Å²) in [5, 5.41) is 3.52. The third-order valence-electron chi connectivity index (χ3n) is 3.19. The molecule has 0 heterocycles. The Balaban J connectivity index is 2.41. The van der Waals surface area contributed by atoms with Gasteiger partial charge >= 0.3 is 0 Å². The zero-order valence-corrected chi connectivity index (χ0v) is 14.1. The Morgan fingerprint density at radius 2 is 2.16 bits per heavy atom. The molecule has 4 heteroatoms. The molecule has 0 saturated heterocycles. The van der Waals surface area contributed by atoms with Crippen LogP contribution in [-0.2, 0) is 6.54 Å². The fourth-order valence-corrected chi connectivity index (χ4v) is 3.05. The van der Waals surface area contributed by atoms with Crippen LogP contribution in [0.15, 0.2) is 22.7 Å². The number of hydrogen-bond acceptors (Lipinski definition) is 2. The first-order valence-corrected chi connectivity index (χ1v) is 8.13. The maximum absolute atomic E-state index is 5.83. The molecule has 1 atom stereocenters. The van der Waals surface area contributed by atoms with Crippen molar-refractivity contribution < 1.29 is 4.74 Å². The summed E-state index contributed by atoms with van der Waals surface area (Å²) in [7, 11) is 1.68. The van der Waals surface area contributed by atoms with Crippen LogP contribution >= 0.6 is 27.5 Å². The van der Waals surface area contributed by atoms with Crippen LogP contribution in [0.4, 0.5) is 0 Å². The van der Waals surface area contributed by atoms with Gasteiger partial charge in [0.2, 0.25) is 0 Å². The molecule has 1 aromatic carbocycles. The Bertz CT molecular complexity index is 367. The number of hydrogen-bond donors (Lipinski definition) is 1. The lowest BCUT2D eigenvalue weighted by atomic mass is 10.0. The van der Waals surface area contributed by atoms with Crippen LogP contribution < -0.4 is 10.1 Å². The average Bonchev–Trinajstić information content (AvgIpc) is 2.39. The van der Waals surface area contributed by atoms with E-state index >= 15 is 0 Å². The second-order valence-electron chi connectivity index (χ2n) is 4.73. The molecule has 1 rings (SSSR count). The number of halogens is 2. The van der Waals surface area contributed by atoms with Crippen LogP contribution in [-0.4, -0.2) is 19.5 Å². The Hall–Kier alpha value is -0.250. The highest BCUT2D eigenvalue weighted by Gasteiger charge is 2.07. The topological polar surface area (TPSA) is 21.3 Å². The Kier molecular flexibility index (Phi) is 8.51. The summed E-state index contributed by atoms with van der Waals surface area (Å²) in [5.41, 5.74) is 1.26. The smallest absolute Gasteiger partial charge is 0.133 e. The van der Waals surface area contributed by atoms with Crippen molar-refractivity contribution in [1.29, 1.82) is 0 Å². The summed E-state index contributed by atoms with van der Waals surface area (Å²) in [6.07, 6.45) is 3.55. The van der Waals surface area contributed by atoms with E-state index in [0.717, 1.165) is 35.6 Å². The highest BCUT2D eigenvalue weighted by molar-refractivity contribution is 9.10. The molecule has 0 fully saturated rings. The lowest BCUT2D eigenvalue weighted by Crippen LogP contribution is -2.22. The molecule has 0 amide bonds. The summed E-state index contributed by atoms with van der Waals surface area (Å²) < 4.78 is 6.22. The van der Waals surface area contributed by atoms with Crippen LogP contribution in [0, 0.1) is 5.92 Å². The van der Waals surface area contributed by atoms with E-state index in [1.165, 1.54) is 18.4 Å². The minimum atomic E-state index is 0.684. The van der Waals surface area contributed by atoms with E-state index in [4.69, 9.17) is 16.3 Å². The van der Waals surface area contributed by atoms with Crippen molar-refractivity contribution in [2.75, 3.05) is 19.5 Å². The van der Waals surface area contributed by atoms with Gasteiger partial charge in [0, 0.05) is 12.4 Å². The molecule has 0 saturated carbocycles. The zero-order chi connectivity index (χ0) is 14.1. The van der Waals surface area contributed by atoms with Crippen molar-refractivity contribution >= 4 is 27.5 Å². The molecule has 0 aliphatic heterocycles. The molecule has 1 N–H and O–H groups in total. The number of benzene rings is 1. The summed E-state index contributed by atoms with van der Waals surface area (Å²) in [5.74, 6) is 2.30. The third-order valence-corrected chi connectivity index (χ3v) is 4.03. The van der Waals surface area contributed by atoms with Crippen molar-refractivity contribution in [1.82, 2.24) is 5.32 Å². The molecule has 0 radical (unpaired) electrons. The molecule has 2 nitrogen and oxygen atoms in total. The van der Waals surface area contributed by atoms with Crippen molar-refractivity contribution in [3.05, 3.63) is 28.2 Å². The molecule has 108 valence electrons. The Morgan fingerprint density at radius 1 is 1.37 bits per heavy atom. The van der Waals surface area contributed by atoms with Gasteiger partial charge in [-0.1, -0.05) is 19.4 Å². The van der Waals surface area contributed by atoms with E-state index in [1.54, 1.807) is 7.11 Å². The highest BCUT2D eigenvalue weighted by Crippen LogP contribution is 2.25. The van der Waals surface area contributed by atoms with Gasteiger partial charge in [-0.3, -0.25) is 0 Å². The predicted molar refractivity (Wildman–Crippen MR) is 86.1 cm³/mol. The zero-order valence-electron chi connectivity index (χ0n) is 11.7. The molecule has 0 spiro atoms. The van der Waals surface area contributed by atoms with Crippen LogP contribution in [0.5, 0.6) is 5.75 Å². The van der Waals surface area contributed by atoms with Crippen LogP contribution in [0.2, 0.25) is 0 Å². The van der Waals surface area contributed by atoms with Gasteiger partial charge < -0.3 is 10.1 Å². The molecular weight excluding hydrogens is 326 g/mol. The maximum atomic E-state index is 5.83. The molecule has 0 aliphatic carbocycles. The predicted octanol–water partition coefficient (Wildman–Crippen LogP) is 4.59. The van der Waals surface area contributed by atoms with Crippen LogP contribution in [0.25, 0.3) is 0 Å². The van der Waals surface area contributed by atoms with Gasteiger partial charge in [-0.2, -0.15) is 0 Å². The molecular formula is C15H23BrClNO. The van der Waals surface area contributed by atoms with Gasteiger partial charge in [-0.25, -0.2) is 0 Å². The maximum Gasteiger partial charge on any atom is 0.133 e. The standard InChI is InChI=1S/C15H23BrClNO/c1-3-4-12(7-8-17)10-18-11-13-5-6-15(19-2)14(16)9-13/h5-6,9,12,18H,3-4,7-8,10-11H2,1-2H3. The number of rotatable bonds is 9. The lowest BCUT2D eigenvalue weighted by Gasteiger charge is -2.16. The monoisotopic (exact) mass is 347 g/mol. The van der Waals surface area contributed by atoms with Crippen LogP contribution in [0.3, 0.4) is 0 Å². The molecule has 1 unspecified atom stereocenters. The largest absolute Gasteiger partial charge is 0.496 e. The minimum absolute atomic E-state index is 0.684. The molecule has 0 aromatic heterocycles. The van der Waals surface area contributed by atoms with Crippen molar-refractivity contribution in [2.45, 2.75) is 32.7 Å². The van der Waals surface area contributed by atoms with Gasteiger partial charge in [0.05, 0.1) is 11.6 Å². The van der Waals surface area contributed by atoms with E-state index in [9.17, 15) is 0 Å². The number of nitrogens with one attached hydrogen (secondary N) is 1. The third kappa shape index (κ3) is 6.15. The van der Waals surface area contributed by atoms with E-state index in [-0.39, 0.29) is 0 Å². The summed E-state index contributed by atoms with van der Waals surface area (Å²) in [6.45, 7) is 4.14. The summed E-state index contributed by atoms with van der Waals surface area (Å²) >= 11 is 9.34. The summed E-state index contributed by atoms with van der Waals surface area (Å²) in [6, 6.07) is 6.18. The molecule has 19 heavy (non-hydrogen) atoms. The van der Waals surface area contributed by atoms with Gasteiger partial charge in [-0.15, -0.1) is 11.6 Å². The first-order chi connectivity index (χ1) is 9.21. The highest BCUT2D eigenvalue weighted by atomic mass is 79.9. The SMILES string of the molecule is CCCC(CCCl)CNCc1ccc(OC)c(Br)c1. The Morgan fingerprint density at radius 3 is 2.74 bits per heavy atom. The fourth-order valence-electron chi connectivity index (χ4n) is 2.15. The minimum Gasteiger partial charge on any atom is -0.496 e.